The Morgan fingerprint density at radius 3 is 2.67 bits per heavy atom. The summed E-state index contributed by atoms with van der Waals surface area (Å²) in [4.78, 5) is 13.9. The van der Waals surface area contributed by atoms with Gasteiger partial charge in [-0.2, -0.15) is 0 Å². The zero-order valence-corrected chi connectivity index (χ0v) is 13.7. The van der Waals surface area contributed by atoms with Gasteiger partial charge in [-0.05, 0) is 32.5 Å². The second-order valence-electron chi connectivity index (χ2n) is 5.21. The molecule has 1 aromatic heterocycles. The Balaban J connectivity index is 1.74. The third kappa shape index (κ3) is 4.44. The first-order valence-electron chi connectivity index (χ1n) is 7.10. The average molecular weight is 306 g/mol. The van der Waals surface area contributed by atoms with Crippen LogP contribution in [0.1, 0.15) is 11.3 Å². The highest BCUT2D eigenvalue weighted by Gasteiger charge is 2.05. The average Bonchev–Trinajstić information content (AvgIpc) is 2.78. The van der Waals surface area contributed by atoms with Crippen LogP contribution >= 0.6 is 11.3 Å². The lowest BCUT2D eigenvalue weighted by Crippen LogP contribution is -2.30. The number of para-hydroxylation sites is 1. The smallest absolute Gasteiger partial charge is 0.307 e. The van der Waals surface area contributed by atoms with Crippen LogP contribution in [-0.4, -0.2) is 36.2 Å². The van der Waals surface area contributed by atoms with Gasteiger partial charge >= 0.3 is 4.87 Å². The molecule has 0 saturated heterocycles. The number of hydrogen-bond donors (Lipinski definition) is 0. The highest BCUT2D eigenvalue weighted by molar-refractivity contribution is 7.07. The van der Waals surface area contributed by atoms with Gasteiger partial charge in [0, 0.05) is 30.7 Å². The van der Waals surface area contributed by atoms with Crippen LogP contribution in [0.5, 0.6) is 5.75 Å². The van der Waals surface area contributed by atoms with Crippen LogP contribution < -0.4 is 9.61 Å². The van der Waals surface area contributed by atoms with Crippen molar-refractivity contribution in [3.8, 4) is 5.75 Å². The molecule has 0 aliphatic heterocycles. The molecule has 2 aromatic rings. The van der Waals surface area contributed by atoms with E-state index in [9.17, 15) is 4.79 Å². The van der Waals surface area contributed by atoms with Gasteiger partial charge < -0.3 is 14.2 Å². The lowest BCUT2D eigenvalue weighted by atomic mass is 10.2. The van der Waals surface area contributed by atoms with E-state index in [0.29, 0.717) is 6.61 Å². The molecule has 114 valence electrons. The summed E-state index contributed by atoms with van der Waals surface area (Å²) < 4.78 is 7.61. The van der Waals surface area contributed by atoms with Crippen molar-refractivity contribution >= 4 is 11.3 Å². The summed E-state index contributed by atoms with van der Waals surface area (Å²) >= 11 is 1.26. The fraction of sp³-hybridized carbons (Fsp3) is 0.438. The van der Waals surface area contributed by atoms with Crippen molar-refractivity contribution in [2.45, 2.75) is 20.4 Å². The van der Waals surface area contributed by atoms with Crippen molar-refractivity contribution in [3.63, 3.8) is 0 Å². The molecule has 4 nitrogen and oxygen atoms in total. The highest BCUT2D eigenvalue weighted by Crippen LogP contribution is 2.15. The molecule has 0 unspecified atom stereocenters. The molecule has 0 aliphatic carbocycles. The number of ether oxygens (including phenoxy) is 1. The maximum absolute atomic E-state index is 11.6. The Hall–Kier alpha value is -1.59. The molecular formula is C16H22N2O2S. The molecule has 0 bridgehead atoms. The molecule has 0 saturated carbocycles. The van der Waals surface area contributed by atoms with Gasteiger partial charge in [-0.1, -0.05) is 29.5 Å². The molecule has 0 fully saturated rings. The largest absolute Gasteiger partial charge is 0.492 e. The number of aryl methyl sites for hydroxylation is 2. The van der Waals surface area contributed by atoms with E-state index in [2.05, 4.69) is 4.90 Å². The van der Waals surface area contributed by atoms with Gasteiger partial charge in [0.05, 0.1) is 0 Å². The molecule has 5 heteroatoms. The van der Waals surface area contributed by atoms with Crippen LogP contribution in [0.4, 0.5) is 0 Å². The maximum Gasteiger partial charge on any atom is 0.307 e. The number of rotatable bonds is 7. The molecule has 2 rings (SSSR count). The second-order valence-corrected chi connectivity index (χ2v) is 6.03. The molecular weight excluding hydrogens is 284 g/mol. The Morgan fingerprint density at radius 1 is 1.24 bits per heavy atom. The Kier molecular flexibility index (Phi) is 5.59. The van der Waals surface area contributed by atoms with Crippen molar-refractivity contribution in [2.75, 3.05) is 26.7 Å². The predicted molar refractivity (Wildman–Crippen MR) is 87.5 cm³/mol. The summed E-state index contributed by atoms with van der Waals surface area (Å²) in [5.74, 6) is 0.941. The normalized spacial score (nSPS) is 11.0. The Labute approximate surface area is 129 Å². The van der Waals surface area contributed by atoms with Crippen molar-refractivity contribution in [1.29, 1.82) is 0 Å². The number of aromatic nitrogens is 1. The summed E-state index contributed by atoms with van der Waals surface area (Å²) in [6, 6.07) is 8.03. The van der Waals surface area contributed by atoms with Crippen LogP contribution in [0.15, 0.2) is 34.4 Å². The minimum absolute atomic E-state index is 0.122. The molecule has 0 aliphatic rings. The monoisotopic (exact) mass is 306 g/mol. The van der Waals surface area contributed by atoms with E-state index in [0.717, 1.165) is 36.6 Å². The van der Waals surface area contributed by atoms with Crippen molar-refractivity contribution < 1.29 is 4.74 Å². The fourth-order valence-corrected chi connectivity index (χ4v) is 2.85. The third-order valence-electron chi connectivity index (χ3n) is 3.51. The van der Waals surface area contributed by atoms with Crippen molar-refractivity contribution in [2.24, 2.45) is 0 Å². The van der Waals surface area contributed by atoms with Crippen LogP contribution in [0.25, 0.3) is 0 Å². The van der Waals surface area contributed by atoms with Gasteiger partial charge in [-0.3, -0.25) is 4.79 Å². The number of likely N-dealkylation sites (N-methyl/N-ethyl adjacent to an activating group) is 1. The third-order valence-corrected chi connectivity index (χ3v) is 4.39. The summed E-state index contributed by atoms with van der Waals surface area (Å²) in [7, 11) is 2.05. The number of hydrogen-bond acceptors (Lipinski definition) is 4. The SMILES string of the molecule is Cc1ccccc1OCCN(C)CCn1c(C)csc1=O. The van der Waals surface area contributed by atoms with Crippen LogP contribution in [0, 0.1) is 13.8 Å². The van der Waals surface area contributed by atoms with Gasteiger partial charge in [-0.25, -0.2) is 0 Å². The van der Waals surface area contributed by atoms with E-state index < -0.39 is 0 Å². The number of benzene rings is 1. The van der Waals surface area contributed by atoms with E-state index >= 15 is 0 Å². The first kappa shape index (κ1) is 15.8. The zero-order chi connectivity index (χ0) is 15.2. The topological polar surface area (TPSA) is 34.5 Å². The minimum atomic E-state index is 0.122. The number of nitrogens with zero attached hydrogens (tertiary/aromatic N) is 2. The molecule has 0 atom stereocenters. The van der Waals surface area contributed by atoms with Gasteiger partial charge in [0.1, 0.15) is 12.4 Å². The van der Waals surface area contributed by atoms with Crippen molar-refractivity contribution in [3.05, 3.63) is 50.6 Å². The highest BCUT2D eigenvalue weighted by atomic mass is 32.1. The Morgan fingerprint density at radius 2 is 2.00 bits per heavy atom. The first-order chi connectivity index (χ1) is 10.1. The molecule has 0 amide bonds. The lowest BCUT2D eigenvalue weighted by molar-refractivity contribution is 0.231. The van der Waals surface area contributed by atoms with E-state index in [-0.39, 0.29) is 4.87 Å². The molecule has 0 spiro atoms. The van der Waals surface area contributed by atoms with Crippen molar-refractivity contribution in [1.82, 2.24) is 9.47 Å². The minimum Gasteiger partial charge on any atom is -0.492 e. The van der Waals surface area contributed by atoms with Crippen LogP contribution in [-0.2, 0) is 6.54 Å². The predicted octanol–water partition coefficient (Wildman–Crippen LogP) is 2.54. The maximum atomic E-state index is 11.6. The van der Waals surface area contributed by atoms with E-state index in [1.54, 1.807) is 0 Å². The van der Waals surface area contributed by atoms with Gasteiger partial charge in [0.15, 0.2) is 0 Å². The lowest BCUT2D eigenvalue weighted by Gasteiger charge is -2.18. The molecule has 0 radical (unpaired) electrons. The van der Waals surface area contributed by atoms with Crippen LogP contribution in [0.2, 0.25) is 0 Å². The Bertz CT molecular complexity index is 633. The molecule has 21 heavy (non-hydrogen) atoms. The standard InChI is InChI=1S/C16H22N2O2S/c1-13-6-4-5-7-15(13)20-11-10-17(3)8-9-18-14(2)12-21-16(18)19/h4-7,12H,8-11H2,1-3H3. The van der Waals surface area contributed by atoms with Gasteiger partial charge in [0.25, 0.3) is 0 Å². The van der Waals surface area contributed by atoms with Gasteiger partial charge in [-0.15, -0.1) is 0 Å². The fourth-order valence-electron chi connectivity index (χ4n) is 2.09. The van der Waals surface area contributed by atoms with E-state index in [1.807, 2.05) is 55.1 Å². The summed E-state index contributed by atoms with van der Waals surface area (Å²) in [6.07, 6.45) is 0. The molecule has 1 heterocycles. The number of thiazole rings is 1. The van der Waals surface area contributed by atoms with E-state index in [1.165, 1.54) is 11.3 Å². The zero-order valence-electron chi connectivity index (χ0n) is 12.8. The summed E-state index contributed by atoms with van der Waals surface area (Å²) in [5, 5.41) is 1.91. The first-order valence-corrected chi connectivity index (χ1v) is 7.98. The second kappa shape index (κ2) is 7.43. The molecule has 0 N–H and O–H groups in total. The van der Waals surface area contributed by atoms with Crippen LogP contribution in [0.3, 0.4) is 0 Å². The van der Waals surface area contributed by atoms with Gasteiger partial charge in [0.2, 0.25) is 0 Å². The summed E-state index contributed by atoms with van der Waals surface area (Å²) in [6.45, 7) is 7.08. The molecule has 1 aromatic carbocycles. The quantitative estimate of drug-likeness (QED) is 0.788. The van der Waals surface area contributed by atoms with E-state index in [4.69, 9.17) is 4.74 Å². The summed E-state index contributed by atoms with van der Waals surface area (Å²) in [5.41, 5.74) is 2.19.